The molecule has 1 aromatic heterocycles. The van der Waals surface area contributed by atoms with Crippen molar-refractivity contribution in [2.24, 2.45) is 0 Å². The molecular formula is C20H18N2O2. The van der Waals surface area contributed by atoms with Gasteiger partial charge in [0.1, 0.15) is 5.75 Å². The Bertz CT molecular complexity index is 830. The highest BCUT2D eigenvalue weighted by atomic mass is 16.3. The van der Waals surface area contributed by atoms with E-state index in [1.54, 1.807) is 42.7 Å². The van der Waals surface area contributed by atoms with Crippen LogP contribution in [0.3, 0.4) is 0 Å². The fourth-order valence-electron chi connectivity index (χ4n) is 2.48. The van der Waals surface area contributed by atoms with Crippen molar-refractivity contribution in [2.75, 3.05) is 0 Å². The van der Waals surface area contributed by atoms with Crippen molar-refractivity contribution >= 4 is 5.91 Å². The molecule has 0 saturated carbocycles. The molecule has 24 heavy (non-hydrogen) atoms. The number of amides is 1. The molecular weight excluding hydrogens is 300 g/mol. The van der Waals surface area contributed by atoms with Gasteiger partial charge in [-0.2, -0.15) is 0 Å². The van der Waals surface area contributed by atoms with Crippen molar-refractivity contribution in [3.8, 4) is 16.9 Å². The van der Waals surface area contributed by atoms with E-state index in [-0.39, 0.29) is 17.7 Å². The van der Waals surface area contributed by atoms with Crippen LogP contribution in [0.1, 0.15) is 28.9 Å². The van der Waals surface area contributed by atoms with E-state index in [1.165, 1.54) is 0 Å². The second-order valence-electron chi connectivity index (χ2n) is 5.61. The summed E-state index contributed by atoms with van der Waals surface area (Å²) in [4.78, 5) is 16.6. The Balaban J connectivity index is 1.78. The molecule has 0 spiro atoms. The number of aromatic nitrogens is 1. The largest absolute Gasteiger partial charge is 0.508 e. The lowest BCUT2D eigenvalue weighted by Gasteiger charge is -2.14. The lowest BCUT2D eigenvalue weighted by Crippen LogP contribution is -2.26. The summed E-state index contributed by atoms with van der Waals surface area (Å²) in [6.45, 7) is 1.95. The quantitative estimate of drug-likeness (QED) is 0.766. The van der Waals surface area contributed by atoms with Gasteiger partial charge in [-0.3, -0.25) is 9.78 Å². The molecule has 0 radical (unpaired) electrons. The third kappa shape index (κ3) is 3.60. The van der Waals surface area contributed by atoms with Crippen molar-refractivity contribution in [1.82, 2.24) is 10.3 Å². The van der Waals surface area contributed by atoms with Crippen LogP contribution >= 0.6 is 0 Å². The van der Waals surface area contributed by atoms with Crippen LogP contribution in [0.15, 0.2) is 73.1 Å². The second kappa shape index (κ2) is 6.96. The molecule has 0 unspecified atom stereocenters. The van der Waals surface area contributed by atoms with Gasteiger partial charge in [0, 0.05) is 18.0 Å². The van der Waals surface area contributed by atoms with Crippen LogP contribution < -0.4 is 5.32 Å². The molecule has 1 heterocycles. The van der Waals surface area contributed by atoms with Crippen LogP contribution in [0.4, 0.5) is 0 Å². The molecule has 0 saturated heterocycles. The zero-order valence-electron chi connectivity index (χ0n) is 13.3. The molecule has 0 aliphatic carbocycles. The summed E-state index contributed by atoms with van der Waals surface area (Å²) in [5, 5.41) is 12.4. The summed E-state index contributed by atoms with van der Waals surface area (Å²) in [5.74, 6) is 0.0387. The summed E-state index contributed by atoms with van der Waals surface area (Å²) < 4.78 is 0. The summed E-state index contributed by atoms with van der Waals surface area (Å²) in [7, 11) is 0. The van der Waals surface area contributed by atoms with E-state index >= 15 is 0 Å². The predicted octanol–water partition coefficient (Wildman–Crippen LogP) is 3.95. The molecule has 3 rings (SSSR count). The first kappa shape index (κ1) is 15.7. The van der Waals surface area contributed by atoms with Crippen LogP contribution in [0.2, 0.25) is 0 Å². The van der Waals surface area contributed by atoms with E-state index in [0.717, 1.165) is 16.7 Å². The van der Waals surface area contributed by atoms with Crippen molar-refractivity contribution in [3.05, 3.63) is 84.2 Å². The van der Waals surface area contributed by atoms with E-state index in [9.17, 15) is 9.90 Å². The smallest absolute Gasteiger partial charge is 0.253 e. The Kier molecular flexibility index (Phi) is 4.57. The minimum Gasteiger partial charge on any atom is -0.508 e. The molecule has 4 nitrogen and oxygen atoms in total. The number of phenols is 1. The zero-order valence-corrected chi connectivity index (χ0v) is 13.3. The van der Waals surface area contributed by atoms with E-state index in [0.29, 0.717) is 5.56 Å². The number of benzene rings is 2. The number of hydrogen-bond donors (Lipinski definition) is 2. The SMILES string of the molecule is C[C@@H](NC(=O)c1cncc(-c2ccc(O)cc2)c1)c1ccccc1. The zero-order chi connectivity index (χ0) is 16.9. The lowest BCUT2D eigenvalue weighted by atomic mass is 10.0. The van der Waals surface area contributed by atoms with Gasteiger partial charge in [-0.25, -0.2) is 0 Å². The molecule has 0 aliphatic heterocycles. The molecule has 4 heteroatoms. The summed E-state index contributed by atoms with van der Waals surface area (Å²) in [6.07, 6.45) is 3.25. The van der Waals surface area contributed by atoms with E-state index in [4.69, 9.17) is 0 Å². The Morgan fingerprint density at radius 3 is 2.42 bits per heavy atom. The fraction of sp³-hybridized carbons (Fsp3) is 0.100. The average molecular weight is 318 g/mol. The molecule has 2 aromatic carbocycles. The number of hydrogen-bond acceptors (Lipinski definition) is 3. The van der Waals surface area contributed by atoms with Crippen molar-refractivity contribution in [1.29, 1.82) is 0 Å². The lowest BCUT2D eigenvalue weighted by molar-refractivity contribution is 0.0939. The molecule has 3 aromatic rings. The number of nitrogens with one attached hydrogen (secondary N) is 1. The molecule has 120 valence electrons. The molecule has 0 fully saturated rings. The van der Waals surface area contributed by atoms with Gasteiger partial charge in [0.15, 0.2) is 0 Å². The van der Waals surface area contributed by atoms with Gasteiger partial charge in [0.05, 0.1) is 11.6 Å². The van der Waals surface area contributed by atoms with Gasteiger partial charge in [-0.15, -0.1) is 0 Å². The van der Waals surface area contributed by atoms with E-state index in [2.05, 4.69) is 10.3 Å². The maximum absolute atomic E-state index is 12.5. The highest BCUT2D eigenvalue weighted by Gasteiger charge is 2.12. The molecule has 2 N–H and O–H groups in total. The molecule has 0 bridgehead atoms. The summed E-state index contributed by atoms with van der Waals surface area (Å²) in [6, 6.07) is 18.3. The third-order valence-electron chi connectivity index (χ3n) is 3.85. The first-order chi connectivity index (χ1) is 11.6. The van der Waals surface area contributed by atoms with E-state index in [1.807, 2.05) is 37.3 Å². The average Bonchev–Trinajstić information content (AvgIpc) is 2.63. The van der Waals surface area contributed by atoms with Gasteiger partial charge in [-0.1, -0.05) is 42.5 Å². The summed E-state index contributed by atoms with van der Waals surface area (Å²) in [5.41, 5.74) is 3.28. The minimum absolute atomic E-state index is 0.0870. The first-order valence-electron chi connectivity index (χ1n) is 7.74. The van der Waals surface area contributed by atoms with Crippen LogP contribution in [0.25, 0.3) is 11.1 Å². The number of phenolic OH excluding ortho intramolecular Hbond substituents is 1. The molecule has 1 atom stereocenters. The van der Waals surface area contributed by atoms with Gasteiger partial charge >= 0.3 is 0 Å². The fourth-order valence-corrected chi connectivity index (χ4v) is 2.48. The number of pyridine rings is 1. The van der Waals surface area contributed by atoms with Crippen LogP contribution in [-0.2, 0) is 0 Å². The van der Waals surface area contributed by atoms with Gasteiger partial charge in [-0.05, 0) is 36.2 Å². The predicted molar refractivity (Wildman–Crippen MR) is 93.7 cm³/mol. The molecule has 0 aliphatic rings. The van der Waals surface area contributed by atoms with Crippen molar-refractivity contribution in [2.45, 2.75) is 13.0 Å². The number of nitrogens with zero attached hydrogens (tertiary/aromatic N) is 1. The standard InChI is InChI=1S/C20H18N2O2/c1-14(15-5-3-2-4-6-15)22-20(24)18-11-17(12-21-13-18)16-7-9-19(23)10-8-16/h2-14,23H,1H3,(H,22,24)/t14-/m1/s1. The second-order valence-corrected chi connectivity index (χ2v) is 5.61. The highest BCUT2D eigenvalue weighted by molar-refractivity contribution is 5.95. The van der Waals surface area contributed by atoms with Crippen LogP contribution in [0.5, 0.6) is 5.75 Å². The Morgan fingerprint density at radius 1 is 1.00 bits per heavy atom. The van der Waals surface area contributed by atoms with Crippen LogP contribution in [0, 0.1) is 0 Å². The monoisotopic (exact) mass is 318 g/mol. The first-order valence-corrected chi connectivity index (χ1v) is 7.74. The Hall–Kier alpha value is -3.14. The van der Waals surface area contributed by atoms with Gasteiger partial charge in [0.25, 0.3) is 5.91 Å². The third-order valence-corrected chi connectivity index (χ3v) is 3.85. The highest BCUT2D eigenvalue weighted by Crippen LogP contribution is 2.22. The topological polar surface area (TPSA) is 62.2 Å². The van der Waals surface area contributed by atoms with Gasteiger partial charge in [0.2, 0.25) is 0 Å². The normalized spacial score (nSPS) is 11.7. The number of carbonyl (C=O) groups excluding carboxylic acids is 1. The van der Waals surface area contributed by atoms with Crippen LogP contribution in [-0.4, -0.2) is 16.0 Å². The van der Waals surface area contributed by atoms with Crippen molar-refractivity contribution < 1.29 is 9.90 Å². The maximum atomic E-state index is 12.5. The maximum Gasteiger partial charge on any atom is 0.253 e. The number of aromatic hydroxyl groups is 1. The van der Waals surface area contributed by atoms with Crippen molar-refractivity contribution in [3.63, 3.8) is 0 Å². The summed E-state index contributed by atoms with van der Waals surface area (Å²) >= 11 is 0. The Labute approximate surface area is 140 Å². The minimum atomic E-state index is -0.167. The van der Waals surface area contributed by atoms with E-state index < -0.39 is 0 Å². The Morgan fingerprint density at radius 2 is 1.71 bits per heavy atom. The number of carbonyl (C=O) groups is 1. The number of rotatable bonds is 4. The molecule has 1 amide bonds. The van der Waals surface area contributed by atoms with Gasteiger partial charge < -0.3 is 10.4 Å².